The van der Waals surface area contributed by atoms with Crippen LogP contribution in [0.2, 0.25) is 0 Å². The minimum absolute atomic E-state index is 0.0613. The van der Waals surface area contributed by atoms with Gasteiger partial charge in [0.25, 0.3) is 5.91 Å². The fourth-order valence-corrected chi connectivity index (χ4v) is 2.10. The second-order valence-corrected chi connectivity index (χ2v) is 4.13. The van der Waals surface area contributed by atoms with Crippen LogP contribution in [0.5, 0.6) is 0 Å². The molecule has 1 aliphatic rings. The molecule has 3 heteroatoms. The lowest BCUT2D eigenvalue weighted by atomic mass is 10.0. The van der Waals surface area contributed by atoms with Gasteiger partial charge in [-0.3, -0.25) is 4.79 Å². The summed E-state index contributed by atoms with van der Waals surface area (Å²) < 4.78 is 2.12. The molecule has 1 N–H and O–H groups in total. The van der Waals surface area contributed by atoms with Gasteiger partial charge in [-0.05, 0) is 24.5 Å². The van der Waals surface area contributed by atoms with E-state index in [1.54, 1.807) is 0 Å². The summed E-state index contributed by atoms with van der Waals surface area (Å²) in [4.78, 5) is 11.5. The highest BCUT2D eigenvalue weighted by atomic mass is 16.2. The van der Waals surface area contributed by atoms with Crippen molar-refractivity contribution >= 4 is 5.91 Å². The first-order valence-corrected chi connectivity index (χ1v) is 5.09. The Hall–Kier alpha value is -1.25. The lowest BCUT2D eigenvalue weighted by Gasteiger charge is -2.17. The molecule has 0 bridgehead atoms. The molecular weight excluding hydrogens is 176 g/mol. The van der Waals surface area contributed by atoms with Crippen LogP contribution in [-0.4, -0.2) is 17.0 Å². The van der Waals surface area contributed by atoms with Crippen molar-refractivity contribution in [2.24, 2.45) is 0 Å². The van der Waals surface area contributed by atoms with Crippen molar-refractivity contribution in [3.05, 3.63) is 23.0 Å². The molecule has 1 aliphatic heterocycles. The molecule has 0 spiro atoms. The van der Waals surface area contributed by atoms with Crippen LogP contribution in [0.15, 0.2) is 6.07 Å². The van der Waals surface area contributed by atoms with Crippen molar-refractivity contribution in [1.29, 1.82) is 0 Å². The Morgan fingerprint density at radius 1 is 1.50 bits per heavy atom. The van der Waals surface area contributed by atoms with Crippen LogP contribution >= 0.6 is 0 Å². The molecule has 0 atom stereocenters. The third-order valence-corrected chi connectivity index (χ3v) is 2.88. The monoisotopic (exact) mass is 192 g/mol. The Morgan fingerprint density at radius 3 is 2.79 bits per heavy atom. The van der Waals surface area contributed by atoms with Gasteiger partial charge in [0.15, 0.2) is 0 Å². The predicted molar refractivity (Wildman–Crippen MR) is 55.6 cm³/mol. The van der Waals surface area contributed by atoms with E-state index >= 15 is 0 Å². The molecule has 0 aliphatic carbocycles. The number of carbonyl (C=O) groups excluding carboxylic acids is 1. The summed E-state index contributed by atoms with van der Waals surface area (Å²) in [6.07, 6.45) is 0. The Labute approximate surface area is 84.1 Å². The first-order valence-electron chi connectivity index (χ1n) is 5.09. The highest BCUT2D eigenvalue weighted by molar-refractivity contribution is 5.93. The number of nitrogens with zero attached hydrogens (tertiary/aromatic N) is 1. The Balaban J connectivity index is 2.54. The van der Waals surface area contributed by atoms with E-state index in [-0.39, 0.29) is 5.91 Å². The second-order valence-electron chi connectivity index (χ2n) is 4.13. The lowest BCUT2D eigenvalue weighted by molar-refractivity contribution is 0.0927. The van der Waals surface area contributed by atoms with E-state index in [0.717, 1.165) is 18.8 Å². The van der Waals surface area contributed by atoms with E-state index in [1.165, 1.54) is 11.3 Å². The van der Waals surface area contributed by atoms with Gasteiger partial charge in [0.05, 0.1) is 0 Å². The number of carbonyl (C=O) groups is 1. The second kappa shape index (κ2) is 3.15. The van der Waals surface area contributed by atoms with Crippen LogP contribution < -0.4 is 5.32 Å². The summed E-state index contributed by atoms with van der Waals surface area (Å²) in [5, 5.41) is 2.86. The fourth-order valence-electron chi connectivity index (χ4n) is 2.10. The van der Waals surface area contributed by atoms with Crippen LogP contribution in [0, 0.1) is 6.92 Å². The minimum Gasteiger partial charge on any atom is -0.349 e. The van der Waals surface area contributed by atoms with Gasteiger partial charge in [-0.15, -0.1) is 0 Å². The molecule has 76 valence electrons. The van der Waals surface area contributed by atoms with E-state index in [2.05, 4.69) is 30.7 Å². The largest absolute Gasteiger partial charge is 0.349 e. The van der Waals surface area contributed by atoms with E-state index in [0.29, 0.717) is 5.92 Å². The Kier molecular flexibility index (Phi) is 2.10. The highest BCUT2D eigenvalue weighted by Gasteiger charge is 2.21. The van der Waals surface area contributed by atoms with Crippen molar-refractivity contribution in [1.82, 2.24) is 9.88 Å². The number of fused-ring (bicyclic) bond motifs is 1. The molecule has 2 heterocycles. The van der Waals surface area contributed by atoms with Gasteiger partial charge in [0.2, 0.25) is 0 Å². The average molecular weight is 192 g/mol. The number of rotatable bonds is 1. The van der Waals surface area contributed by atoms with E-state index in [9.17, 15) is 4.79 Å². The summed E-state index contributed by atoms with van der Waals surface area (Å²) >= 11 is 0. The number of hydrogen-bond acceptors (Lipinski definition) is 1. The standard InChI is InChI=1S/C11H16N2O/c1-7(2)9-6-10-11(14)12-4-5-13(10)8(9)3/h6-7H,4-5H2,1-3H3,(H,12,14). The van der Waals surface area contributed by atoms with Gasteiger partial charge in [-0.1, -0.05) is 13.8 Å². The van der Waals surface area contributed by atoms with Crippen molar-refractivity contribution in [2.75, 3.05) is 6.54 Å². The van der Waals surface area contributed by atoms with Crippen LogP contribution in [0.3, 0.4) is 0 Å². The predicted octanol–water partition coefficient (Wildman–Crippen LogP) is 1.66. The minimum atomic E-state index is 0.0613. The summed E-state index contributed by atoms with van der Waals surface area (Å²) in [6.45, 7) is 8.06. The Morgan fingerprint density at radius 2 is 2.21 bits per heavy atom. The maximum atomic E-state index is 11.5. The maximum absolute atomic E-state index is 11.5. The molecule has 0 aromatic carbocycles. The zero-order valence-corrected chi connectivity index (χ0v) is 8.92. The summed E-state index contributed by atoms with van der Waals surface area (Å²) in [5.74, 6) is 0.548. The van der Waals surface area contributed by atoms with Crippen molar-refractivity contribution in [3.63, 3.8) is 0 Å². The zero-order valence-electron chi connectivity index (χ0n) is 8.92. The van der Waals surface area contributed by atoms with Gasteiger partial charge in [-0.25, -0.2) is 0 Å². The van der Waals surface area contributed by atoms with Crippen molar-refractivity contribution in [2.45, 2.75) is 33.2 Å². The Bertz CT molecular complexity index is 377. The number of hydrogen-bond donors (Lipinski definition) is 1. The van der Waals surface area contributed by atoms with Crippen LogP contribution in [-0.2, 0) is 6.54 Å². The SMILES string of the molecule is Cc1c(C(C)C)cc2n1CCNC2=O. The number of aromatic nitrogens is 1. The molecule has 14 heavy (non-hydrogen) atoms. The van der Waals surface area contributed by atoms with Gasteiger partial charge >= 0.3 is 0 Å². The number of amides is 1. The molecular formula is C11H16N2O. The topological polar surface area (TPSA) is 34.0 Å². The molecule has 0 saturated carbocycles. The van der Waals surface area contributed by atoms with Crippen LogP contribution in [0.4, 0.5) is 0 Å². The molecule has 0 saturated heterocycles. The van der Waals surface area contributed by atoms with Gasteiger partial charge in [0.1, 0.15) is 5.69 Å². The maximum Gasteiger partial charge on any atom is 0.267 e. The van der Waals surface area contributed by atoms with E-state index < -0.39 is 0 Å². The molecule has 2 rings (SSSR count). The molecule has 1 aromatic heterocycles. The smallest absolute Gasteiger partial charge is 0.267 e. The van der Waals surface area contributed by atoms with E-state index in [4.69, 9.17) is 0 Å². The fraction of sp³-hybridized carbons (Fsp3) is 0.545. The average Bonchev–Trinajstić information content (AvgIpc) is 2.46. The quantitative estimate of drug-likeness (QED) is 0.721. The molecule has 1 aromatic rings. The van der Waals surface area contributed by atoms with Gasteiger partial charge < -0.3 is 9.88 Å². The molecule has 0 radical (unpaired) electrons. The molecule has 0 fully saturated rings. The highest BCUT2D eigenvalue weighted by Crippen LogP contribution is 2.24. The van der Waals surface area contributed by atoms with Crippen molar-refractivity contribution in [3.8, 4) is 0 Å². The van der Waals surface area contributed by atoms with E-state index in [1.807, 2.05) is 6.07 Å². The summed E-state index contributed by atoms with van der Waals surface area (Å²) in [6, 6.07) is 2.02. The van der Waals surface area contributed by atoms with Gasteiger partial charge in [0, 0.05) is 18.8 Å². The van der Waals surface area contributed by atoms with Crippen LogP contribution in [0.25, 0.3) is 0 Å². The van der Waals surface area contributed by atoms with Crippen LogP contribution in [0.1, 0.15) is 41.5 Å². The molecule has 3 nitrogen and oxygen atoms in total. The van der Waals surface area contributed by atoms with Crippen molar-refractivity contribution < 1.29 is 4.79 Å². The summed E-state index contributed by atoms with van der Waals surface area (Å²) in [7, 11) is 0. The van der Waals surface area contributed by atoms with Gasteiger partial charge in [-0.2, -0.15) is 0 Å². The summed E-state index contributed by atoms with van der Waals surface area (Å²) in [5.41, 5.74) is 3.35. The first-order chi connectivity index (χ1) is 6.61. The third kappa shape index (κ3) is 1.24. The molecule has 0 unspecified atom stereocenters. The molecule has 1 amide bonds. The normalized spacial score (nSPS) is 15.6. The first kappa shape index (κ1) is 9.31. The zero-order chi connectivity index (χ0) is 10.3. The third-order valence-electron chi connectivity index (χ3n) is 2.88. The number of nitrogens with one attached hydrogen (secondary N) is 1. The lowest BCUT2D eigenvalue weighted by Crippen LogP contribution is -2.35.